The van der Waals surface area contributed by atoms with Crippen molar-refractivity contribution in [2.45, 2.75) is 32.7 Å². The third-order valence-corrected chi connectivity index (χ3v) is 3.63. The number of amides is 1. The van der Waals surface area contributed by atoms with Crippen molar-refractivity contribution in [3.63, 3.8) is 0 Å². The van der Waals surface area contributed by atoms with Crippen LogP contribution in [0.2, 0.25) is 0 Å². The third-order valence-electron chi connectivity index (χ3n) is 3.63. The van der Waals surface area contributed by atoms with E-state index >= 15 is 0 Å². The molecule has 0 heterocycles. The Kier molecular flexibility index (Phi) is 6.07. The molecule has 5 heteroatoms. The van der Waals surface area contributed by atoms with Gasteiger partial charge in [-0.15, -0.1) is 0 Å². The molecule has 0 bridgehead atoms. The van der Waals surface area contributed by atoms with Crippen LogP contribution in [0.25, 0.3) is 0 Å². The molecule has 0 spiro atoms. The summed E-state index contributed by atoms with van der Waals surface area (Å²) >= 11 is 0. The van der Waals surface area contributed by atoms with E-state index in [4.69, 9.17) is 5.73 Å². The Morgan fingerprint density at radius 1 is 1.35 bits per heavy atom. The fourth-order valence-electron chi connectivity index (χ4n) is 2.17. The van der Waals surface area contributed by atoms with Crippen molar-refractivity contribution in [2.75, 3.05) is 13.6 Å². The summed E-state index contributed by atoms with van der Waals surface area (Å²) in [7, 11) is 1.66. The summed E-state index contributed by atoms with van der Waals surface area (Å²) in [6, 6.07) is 3.36. The fourth-order valence-corrected chi connectivity index (χ4v) is 2.17. The molecule has 2 atom stereocenters. The van der Waals surface area contributed by atoms with Crippen LogP contribution in [0.15, 0.2) is 18.2 Å². The van der Waals surface area contributed by atoms with Crippen molar-refractivity contribution in [1.82, 2.24) is 4.90 Å². The quantitative estimate of drug-likeness (QED) is 0.873. The van der Waals surface area contributed by atoms with Gasteiger partial charge in [0.1, 0.15) is 0 Å². The first-order valence-electron chi connectivity index (χ1n) is 6.84. The van der Waals surface area contributed by atoms with E-state index in [2.05, 4.69) is 0 Å². The SMILES string of the molecule is CCCC(CN)C(=O)N(C)C(C)c1ccc(F)c(F)c1. The average molecular weight is 284 g/mol. The van der Waals surface area contributed by atoms with E-state index in [0.29, 0.717) is 12.1 Å². The molecule has 1 rings (SSSR count). The van der Waals surface area contributed by atoms with Crippen LogP contribution in [0.1, 0.15) is 38.3 Å². The Bertz CT molecular complexity index is 465. The minimum Gasteiger partial charge on any atom is -0.339 e. The van der Waals surface area contributed by atoms with Crippen LogP contribution >= 0.6 is 0 Å². The van der Waals surface area contributed by atoms with Crippen LogP contribution in [0.5, 0.6) is 0 Å². The topological polar surface area (TPSA) is 46.3 Å². The predicted octanol–water partition coefficient (Wildman–Crippen LogP) is 2.86. The second-order valence-electron chi connectivity index (χ2n) is 5.02. The lowest BCUT2D eigenvalue weighted by Gasteiger charge is -2.29. The van der Waals surface area contributed by atoms with Gasteiger partial charge in [-0.25, -0.2) is 8.78 Å². The number of nitrogens with zero attached hydrogens (tertiary/aromatic N) is 1. The standard InChI is InChI=1S/C15H22F2N2O/c1-4-5-12(9-18)15(20)19(3)10(2)11-6-7-13(16)14(17)8-11/h6-8,10,12H,4-5,9,18H2,1-3H3. The van der Waals surface area contributed by atoms with E-state index in [-0.39, 0.29) is 17.9 Å². The first-order chi connectivity index (χ1) is 9.42. The molecule has 1 aromatic rings. The molecule has 0 aliphatic heterocycles. The zero-order valence-electron chi connectivity index (χ0n) is 12.2. The maximum Gasteiger partial charge on any atom is 0.227 e. The maximum atomic E-state index is 13.3. The Labute approximate surface area is 118 Å². The minimum absolute atomic E-state index is 0.0633. The van der Waals surface area contributed by atoms with E-state index in [1.54, 1.807) is 18.9 Å². The Hall–Kier alpha value is -1.49. The molecule has 3 nitrogen and oxygen atoms in total. The molecule has 1 aromatic carbocycles. The van der Waals surface area contributed by atoms with Crippen LogP contribution in [-0.4, -0.2) is 24.4 Å². The normalized spacial score (nSPS) is 13.9. The first kappa shape index (κ1) is 16.6. The lowest BCUT2D eigenvalue weighted by atomic mass is 10.00. The van der Waals surface area contributed by atoms with Crippen LogP contribution < -0.4 is 5.73 Å². The number of rotatable bonds is 6. The fraction of sp³-hybridized carbons (Fsp3) is 0.533. The average Bonchev–Trinajstić information content (AvgIpc) is 2.45. The molecule has 0 radical (unpaired) electrons. The van der Waals surface area contributed by atoms with Crippen LogP contribution in [-0.2, 0) is 4.79 Å². The molecule has 2 N–H and O–H groups in total. The summed E-state index contributed by atoms with van der Waals surface area (Å²) in [6.07, 6.45) is 1.60. The number of nitrogens with two attached hydrogens (primary N) is 1. The highest BCUT2D eigenvalue weighted by Crippen LogP contribution is 2.23. The molecule has 112 valence electrons. The van der Waals surface area contributed by atoms with Gasteiger partial charge in [-0.05, 0) is 31.0 Å². The second-order valence-corrected chi connectivity index (χ2v) is 5.02. The number of halogens is 2. The second kappa shape index (κ2) is 7.33. The summed E-state index contributed by atoms with van der Waals surface area (Å²) in [5.74, 6) is -2.08. The molecular formula is C15H22F2N2O. The van der Waals surface area contributed by atoms with Crippen molar-refractivity contribution in [2.24, 2.45) is 11.7 Å². The van der Waals surface area contributed by atoms with Crippen LogP contribution in [0.4, 0.5) is 8.78 Å². The molecule has 0 aliphatic rings. The summed E-state index contributed by atoms with van der Waals surface area (Å²) in [6.45, 7) is 4.07. The van der Waals surface area contributed by atoms with Gasteiger partial charge in [-0.1, -0.05) is 19.4 Å². The summed E-state index contributed by atoms with van der Waals surface area (Å²) in [5.41, 5.74) is 6.19. The van der Waals surface area contributed by atoms with Gasteiger partial charge in [0, 0.05) is 13.6 Å². The maximum absolute atomic E-state index is 13.3. The summed E-state index contributed by atoms with van der Waals surface area (Å²) in [4.78, 5) is 13.9. The van der Waals surface area contributed by atoms with Crippen LogP contribution in [0, 0.1) is 17.6 Å². The summed E-state index contributed by atoms with van der Waals surface area (Å²) in [5, 5.41) is 0. The molecule has 1 amide bonds. The first-order valence-corrected chi connectivity index (χ1v) is 6.84. The lowest BCUT2D eigenvalue weighted by molar-refractivity contribution is -0.136. The number of hydrogen-bond acceptors (Lipinski definition) is 2. The smallest absolute Gasteiger partial charge is 0.227 e. The molecule has 0 saturated carbocycles. The molecule has 20 heavy (non-hydrogen) atoms. The number of hydrogen-bond donors (Lipinski definition) is 1. The monoisotopic (exact) mass is 284 g/mol. The molecule has 0 saturated heterocycles. The van der Waals surface area contributed by atoms with Gasteiger partial charge < -0.3 is 10.6 Å². The Morgan fingerprint density at radius 2 is 2.00 bits per heavy atom. The van der Waals surface area contributed by atoms with Gasteiger partial charge in [-0.2, -0.15) is 0 Å². The van der Waals surface area contributed by atoms with Gasteiger partial charge >= 0.3 is 0 Å². The van der Waals surface area contributed by atoms with Crippen molar-refractivity contribution in [3.8, 4) is 0 Å². The molecule has 2 unspecified atom stereocenters. The highest BCUT2D eigenvalue weighted by atomic mass is 19.2. The minimum atomic E-state index is -0.904. The zero-order valence-corrected chi connectivity index (χ0v) is 12.2. The van der Waals surface area contributed by atoms with E-state index < -0.39 is 11.6 Å². The zero-order chi connectivity index (χ0) is 15.3. The highest BCUT2D eigenvalue weighted by molar-refractivity contribution is 5.79. The van der Waals surface area contributed by atoms with Crippen molar-refractivity contribution >= 4 is 5.91 Å². The van der Waals surface area contributed by atoms with Crippen molar-refractivity contribution in [1.29, 1.82) is 0 Å². The largest absolute Gasteiger partial charge is 0.339 e. The summed E-state index contributed by atoms with van der Waals surface area (Å²) < 4.78 is 26.2. The van der Waals surface area contributed by atoms with Gasteiger partial charge in [0.05, 0.1) is 12.0 Å². The molecule has 0 fully saturated rings. The van der Waals surface area contributed by atoms with Crippen LogP contribution in [0.3, 0.4) is 0 Å². The Morgan fingerprint density at radius 3 is 2.50 bits per heavy atom. The number of carbonyl (C=O) groups excluding carboxylic acids is 1. The van der Waals surface area contributed by atoms with Crippen molar-refractivity contribution in [3.05, 3.63) is 35.4 Å². The number of benzene rings is 1. The van der Waals surface area contributed by atoms with E-state index in [1.165, 1.54) is 6.07 Å². The Balaban J connectivity index is 2.86. The van der Waals surface area contributed by atoms with E-state index in [1.807, 2.05) is 6.92 Å². The molecule has 0 aliphatic carbocycles. The molecular weight excluding hydrogens is 262 g/mol. The highest BCUT2D eigenvalue weighted by Gasteiger charge is 2.24. The van der Waals surface area contributed by atoms with E-state index in [0.717, 1.165) is 25.0 Å². The van der Waals surface area contributed by atoms with Gasteiger partial charge in [0.15, 0.2) is 11.6 Å². The van der Waals surface area contributed by atoms with Gasteiger partial charge in [-0.3, -0.25) is 4.79 Å². The van der Waals surface area contributed by atoms with Gasteiger partial charge in [0.2, 0.25) is 5.91 Å². The predicted molar refractivity (Wildman–Crippen MR) is 75.0 cm³/mol. The third kappa shape index (κ3) is 3.76. The van der Waals surface area contributed by atoms with Crippen molar-refractivity contribution < 1.29 is 13.6 Å². The lowest BCUT2D eigenvalue weighted by Crippen LogP contribution is -2.38. The van der Waals surface area contributed by atoms with Gasteiger partial charge in [0.25, 0.3) is 0 Å². The van der Waals surface area contributed by atoms with E-state index in [9.17, 15) is 13.6 Å². The molecule has 0 aromatic heterocycles. The number of carbonyl (C=O) groups is 1.